The lowest BCUT2D eigenvalue weighted by molar-refractivity contribution is 0.604. The standard InChI is InChI=1S/C19H21N5S/c1-19(2,3)15-10-13-17(21-11-22-18(13)25-15)24-23-14-8-4-6-12-7-5-9-20-16(12)14/h5,7,9-11H,4,6,8H2,1-3H3,(H,21,22,24). The van der Waals surface area contributed by atoms with Gasteiger partial charge in [-0.25, -0.2) is 9.97 Å². The number of thiophene rings is 1. The lowest BCUT2D eigenvalue weighted by atomic mass is 9.94. The molecule has 0 saturated carbocycles. The zero-order valence-corrected chi connectivity index (χ0v) is 15.5. The second kappa shape index (κ2) is 6.19. The summed E-state index contributed by atoms with van der Waals surface area (Å²) in [6.07, 6.45) is 6.53. The van der Waals surface area contributed by atoms with Crippen molar-refractivity contribution < 1.29 is 0 Å². The lowest BCUT2D eigenvalue weighted by Crippen LogP contribution is -2.15. The Morgan fingerprint density at radius 1 is 1.16 bits per heavy atom. The lowest BCUT2D eigenvalue weighted by Gasteiger charge is -2.16. The average molecular weight is 351 g/mol. The van der Waals surface area contributed by atoms with Gasteiger partial charge in [0.05, 0.1) is 16.8 Å². The van der Waals surface area contributed by atoms with Gasteiger partial charge in [0, 0.05) is 11.1 Å². The van der Waals surface area contributed by atoms with Gasteiger partial charge >= 0.3 is 0 Å². The number of hydrazone groups is 1. The first-order valence-electron chi connectivity index (χ1n) is 8.54. The van der Waals surface area contributed by atoms with Crippen LogP contribution in [0.1, 0.15) is 49.7 Å². The van der Waals surface area contributed by atoms with Crippen molar-refractivity contribution >= 4 is 33.1 Å². The molecule has 128 valence electrons. The van der Waals surface area contributed by atoms with Crippen molar-refractivity contribution in [1.29, 1.82) is 0 Å². The Hall–Kier alpha value is -2.34. The zero-order chi connectivity index (χ0) is 17.4. The summed E-state index contributed by atoms with van der Waals surface area (Å²) < 4.78 is 0. The Bertz CT molecular complexity index is 952. The van der Waals surface area contributed by atoms with E-state index in [1.807, 2.05) is 12.3 Å². The fraction of sp³-hybridized carbons (Fsp3) is 0.368. The molecule has 0 saturated heterocycles. The van der Waals surface area contributed by atoms with Gasteiger partial charge in [0.15, 0.2) is 5.82 Å². The highest BCUT2D eigenvalue weighted by Crippen LogP contribution is 2.35. The summed E-state index contributed by atoms with van der Waals surface area (Å²) in [5.41, 5.74) is 6.54. The molecule has 0 radical (unpaired) electrons. The smallest absolute Gasteiger partial charge is 0.158 e. The summed E-state index contributed by atoms with van der Waals surface area (Å²) in [6.45, 7) is 6.63. The number of rotatable bonds is 2. The zero-order valence-electron chi connectivity index (χ0n) is 14.7. The Morgan fingerprint density at radius 3 is 2.88 bits per heavy atom. The molecule has 0 amide bonds. The van der Waals surface area contributed by atoms with E-state index in [1.54, 1.807) is 17.7 Å². The van der Waals surface area contributed by atoms with Crippen LogP contribution in [0, 0.1) is 0 Å². The van der Waals surface area contributed by atoms with Gasteiger partial charge in [-0.05, 0) is 42.4 Å². The highest BCUT2D eigenvalue weighted by Gasteiger charge is 2.20. The summed E-state index contributed by atoms with van der Waals surface area (Å²) in [5, 5.41) is 5.66. The number of fused-ring (bicyclic) bond motifs is 2. The molecule has 0 bridgehead atoms. The fourth-order valence-corrected chi connectivity index (χ4v) is 4.07. The Balaban J connectivity index is 1.69. The number of aromatic nitrogens is 3. The molecule has 0 aliphatic heterocycles. The van der Waals surface area contributed by atoms with E-state index in [1.165, 1.54) is 10.4 Å². The Kier molecular flexibility index (Phi) is 4.00. The summed E-state index contributed by atoms with van der Waals surface area (Å²) in [4.78, 5) is 15.6. The molecule has 0 fully saturated rings. The van der Waals surface area contributed by atoms with Gasteiger partial charge in [-0.15, -0.1) is 11.3 Å². The Labute approximate surface area is 151 Å². The van der Waals surface area contributed by atoms with Crippen molar-refractivity contribution in [2.24, 2.45) is 5.10 Å². The van der Waals surface area contributed by atoms with Crippen LogP contribution in [-0.2, 0) is 11.8 Å². The molecule has 0 atom stereocenters. The maximum Gasteiger partial charge on any atom is 0.158 e. The molecule has 5 nitrogen and oxygen atoms in total. The number of hydrogen-bond acceptors (Lipinski definition) is 6. The minimum absolute atomic E-state index is 0.0980. The first-order valence-corrected chi connectivity index (χ1v) is 9.36. The molecule has 3 aromatic heterocycles. The second-order valence-electron chi connectivity index (χ2n) is 7.34. The topological polar surface area (TPSA) is 63.1 Å². The van der Waals surface area contributed by atoms with E-state index in [0.717, 1.165) is 46.7 Å². The van der Waals surface area contributed by atoms with Gasteiger partial charge in [-0.2, -0.15) is 5.10 Å². The first-order chi connectivity index (χ1) is 12.0. The molecule has 25 heavy (non-hydrogen) atoms. The molecule has 3 aromatic rings. The van der Waals surface area contributed by atoms with Crippen LogP contribution >= 0.6 is 11.3 Å². The van der Waals surface area contributed by atoms with Crippen LogP contribution in [0.5, 0.6) is 0 Å². The quantitative estimate of drug-likeness (QED) is 0.689. The summed E-state index contributed by atoms with van der Waals surface area (Å²) >= 11 is 1.72. The third kappa shape index (κ3) is 3.14. The largest absolute Gasteiger partial charge is 0.260 e. The number of nitrogens with one attached hydrogen (secondary N) is 1. The second-order valence-corrected chi connectivity index (χ2v) is 8.37. The van der Waals surface area contributed by atoms with E-state index in [0.29, 0.717) is 0 Å². The summed E-state index contributed by atoms with van der Waals surface area (Å²) in [5.74, 6) is 0.757. The molecule has 1 aliphatic carbocycles. The van der Waals surface area contributed by atoms with Crippen LogP contribution in [0.4, 0.5) is 5.82 Å². The van der Waals surface area contributed by atoms with Crippen LogP contribution in [-0.4, -0.2) is 20.7 Å². The average Bonchev–Trinajstić information content (AvgIpc) is 3.05. The normalized spacial score (nSPS) is 16.2. The maximum atomic E-state index is 4.63. The van der Waals surface area contributed by atoms with Crippen molar-refractivity contribution in [2.45, 2.75) is 45.4 Å². The molecular formula is C19H21N5S. The van der Waals surface area contributed by atoms with Crippen LogP contribution in [0.15, 0.2) is 35.8 Å². The Morgan fingerprint density at radius 2 is 2.04 bits per heavy atom. The van der Waals surface area contributed by atoms with Crippen molar-refractivity contribution in [3.8, 4) is 0 Å². The molecule has 0 unspecified atom stereocenters. The van der Waals surface area contributed by atoms with Crippen molar-refractivity contribution in [3.05, 3.63) is 46.9 Å². The number of hydrogen-bond donors (Lipinski definition) is 1. The van der Waals surface area contributed by atoms with Gasteiger partial charge in [0.1, 0.15) is 11.2 Å². The number of anilines is 1. The molecule has 6 heteroatoms. The highest BCUT2D eigenvalue weighted by molar-refractivity contribution is 7.18. The molecule has 0 aromatic carbocycles. The van der Waals surface area contributed by atoms with E-state index in [9.17, 15) is 0 Å². The predicted molar refractivity (Wildman–Crippen MR) is 103 cm³/mol. The van der Waals surface area contributed by atoms with Crippen LogP contribution in [0.2, 0.25) is 0 Å². The van der Waals surface area contributed by atoms with E-state index in [4.69, 9.17) is 0 Å². The maximum absolute atomic E-state index is 4.63. The van der Waals surface area contributed by atoms with Gasteiger partial charge in [-0.3, -0.25) is 10.4 Å². The number of nitrogens with zero attached hydrogens (tertiary/aromatic N) is 4. The number of pyridine rings is 1. The van der Waals surface area contributed by atoms with Gasteiger partial charge in [-0.1, -0.05) is 26.8 Å². The van der Waals surface area contributed by atoms with E-state index in [-0.39, 0.29) is 5.41 Å². The first kappa shape index (κ1) is 16.1. The fourth-order valence-electron chi connectivity index (χ4n) is 3.01. The number of aryl methyl sites for hydroxylation is 1. The third-order valence-electron chi connectivity index (χ3n) is 4.39. The minimum Gasteiger partial charge on any atom is -0.260 e. The molecular weight excluding hydrogens is 330 g/mol. The van der Waals surface area contributed by atoms with Crippen LogP contribution in [0.25, 0.3) is 10.2 Å². The monoisotopic (exact) mass is 351 g/mol. The predicted octanol–water partition coefficient (Wildman–Crippen LogP) is 4.54. The van der Waals surface area contributed by atoms with Crippen LogP contribution < -0.4 is 5.43 Å². The molecule has 4 rings (SSSR count). The molecule has 1 N–H and O–H groups in total. The summed E-state index contributed by atoms with van der Waals surface area (Å²) in [6, 6.07) is 6.30. The van der Waals surface area contributed by atoms with Crippen molar-refractivity contribution in [3.63, 3.8) is 0 Å². The van der Waals surface area contributed by atoms with E-state index < -0.39 is 0 Å². The third-order valence-corrected chi connectivity index (χ3v) is 5.86. The van der Waals surface area contributed by atoms with E-state index >= 15 is 0 Å². The van der Waals surface area contributed by atoms with Gasteiger partial charge < -0.3 is 0 Å². The van der Waals surface area contributed by atoms with Gasteiger partial charge in [0.25, 0.3) is 0 Å². The minimum atomic E-state index is 0.0980. The molecule has 1 aliphatic rings. The van der Waals surface area contributed by atoms with Gasteiger partial charge in [0.2, 0.25) is 0 Å². The SMILES string of the molecule is CC(C)(C)c1cc2c(NN=C3CCCc4cccnc43)ncnc2s1. The van der Waals surface area contributed by atoms with E-state index in [2.05, 4.69) is 58.4 Å². The van der Waals surface area contributed by atoms with Crippen molar-refractivity contribution in [1.82, 2.24) is 15.0 Å². The van der Waals surface area contributed by atoms with Crippen LogP contribution in [0.3, 0.4) is 0 Å². The molecule has 0 spiro atoms. The van der Waals surface area contributed by atoms with Crippen molar-refractivity contribution in [2.75, 3.05) is 5.43 Å². The molecule has 3 heterocycles. The highest BCUT2D eigenvalue weighted by atomic mass is 32.1. The summed E-state index contributed by atoms with van der Waals surface area (Å²) in [7, 11) is 0.